The Kier molecular flexibility index (Phi) is 4.89. The van der Waals surface area contributed by atoms with Gasteiger partial charge in [0, 0.05) is 27.9 Å². The van der Waals surface area contributed by atoms with Crippen molar-refractivity contribution >= 4 is 34.0 Å². The van der Waals surface area contributed by atoms with Gasteiger partial charge in [0.05, 0.1) is 4.92 Å². The molecule has 1 N–H and O–H groups in total. The van der Waals surface area contributed by atoms with Crippen LogP contribution in [0.25, 0.3) is 0 Å². The lowest BCUT2D eigenvalue weighted by molar-refractivity contribution is -0.384. The second-order valence-electron chi connectivity index (χ2n) is 4.23. The maximum absolute atomic E-state index is 13.0. The maximum atomic E-state index is 13.0. The van der Waals surface area contributed by atoms with Crippen molar-refractivity contribution in [2.45, 2.75) is 6.42 Å². The van der Waals surface area contributed by atoms with Crippen LogP contribution in [-0.2, 0) is 6.42 Å². The lowest BCUT2D eigenvalue weighted by Gasteiger charge is -2.08. The predicted molar refractivity (Wildman–Crippen MR) is 84.4 cm³/mol. The van der Waals surface area contributed by atoms with E-state index in [0.717, 1.165) is 14.8 Å². The number of benzene rings is 2. The molecule has 0 unspecified atom stereocenters. The zero-order valence-electron chi connectivity index (χ0n) is 10.5. The highest BCUT2D eigenvalue weighted by molar-refractivity contribution is 14.1. The summed E-state index contributed by atoms with van der Waals surface area (Å²) in [7, 11) is 0. The van der Waals surface area contributed by atoms with Crippen molar-refractivity contribution in [1.82, 2.24) is 0 Å². The van der Waals surface area contributed by atoms with E-state index in [1.165, 1.54) is 24.3 Å². The third-order valence-electron chi connectivity index (χ3n) is 2.78. The van der Waals surface area contributed by atoms with Crippen LogP contribution in [0.15, 0.2) is 42.5 Å². The zero-order valence-corrected chi connectivity index (χ0v) is 12.6. The van der Waals surface area contributed by atoms with Gasteiger partial charge < -0.3 is 5.32 Å². The minimum absolute atomic E-state index is 0.0741. The standard InChI is InChI=1S/C14H12FIN2O2/c15-11-3-1-2-10(8-11)6-7-17-14-5-4-12(18(19)20)9-13(14)16/h1-5,8-9,17H,6-7H2. The molecular weight excluding hydrogens is 374 g/mol. The van der Waals surface area contributed by atoms with Gasteiger partial charge in [-0.2, -0.15) is 0 Å². The van der Waals surface area contributed by atoms with E-state index >= 15 is 0 Å². The molecule has 0 bridgehead atoms. The van der Waals surface area contributed by atoms with E-state index in [2.05, 4.69) is 27.9 Å². The average Bonchev–Trinajstić information content (AvgIpc) is 2.40. The summed E-state index contributed by atoms with van der Waals surface area (Å²) in [4.78, 5) is 10.2. The van der Waals surface area contributed by atoms with E-state index in [1.807, 2.05) is 6.07 Å². The zero-order chi connectivity index (χ0) is 14.5. The number of non-ortho nitro benzene ring substituents is 1. The van der Waals surface area contributed by atoms with Gasteiger partial charge in [-0.05, 0) is 52.8 Å². The monoisotopic (exact) mass is 386 g/mol. The molecule has 0 saturated carbocycles. The van der Waals surface area contributed by atoms with Gasteiger partial charge in [-0.15, -0.1) is 0 Å². The smallest absolute Gasteiger partial charge is 0.270 e. The molecule has 0 amide bonds. The predicted octanol–water partition coefficient (Wildman–Crippen LogP) is 3.99. The van der Waals surface area contributed by atoms with Crippen LogP contribution in [0.3, 0.4) is 0 Å². The van der Waals surface area contributed by atoms with Gasteiger partial charge in [-0.3, -0.25) is 10.1 Å². The molecule has 0 heterocycles. The summed E-state index contributed by atoms with van der Waals surface area (Å²) in [5.41, 5.74) is 1.83. The highest BCUT2D eigenvalue weighted by atomic mass is 127. The van der Waals surface area contributed by atoms with E-state index in [1.54, 1.807) is 12.1 Å². The number of nitro benzene ring substituents is 1. The molecule has 0 aliphatic carbocycles. The molecule has 2 aromatic carbocycles. The first-order chi connectivity index (χ1) is 9.56. The maximum Gasteiger partial charge on any atom is 0.270 e. The highest BCUT2D eigenvalue weighted by Crippen LogP contribution is 2.23. The van der Waals surface area contributed by atoms with E-state index in [4.69, 9.17) is 0 Å². The van der Waals surface area contributed by atoms with Crippen molar-refractivity contribution in [2.75, 3.05) is 11.9 Å². The van der Waals surface area contributed by atoms with Crippen molar-refractivity contribution in [2.24, 2.45) is 0 Å². The summed E-state index contributed by atoms with van der Waals surface area (Å²) in [6.45, 7) is 0.636. The SMILES string of the molecule is O=[N+]([O-])c1ccc(NCCc2cccc(F)c2)c(I)c1. The molecule has 0 radical (unpaired) electrons. The van der Waals surface area contributed by atoms with Crippen LogP contribution in [0.4, 0.5) is 15.8 Å². The van der Waals surface area contributed by atoms with E-state index in [-0.39, 0.29) is 11.5 Å². The third-order valence-corrected chi connectivity index (χ3v) is 3.67. The van der Waals surface area contributed by atoms with Gasteiger partial charge in [-0.1, -0.05) is 12.1 Å². The van der Waals surface area contributed by atoms with Crippen LogP contribution in [0.5, 0.6) is 0 Å². The molecule has 0 spiro atoms. The normalized spacial score (nSPS) is 10.3. The molecule has 2 rings (SSSR count). The number of nitrogens with zero attached hydrogens (tertiary/aromatic N) is 1. The molecule has 0 aromatic heterocycles. The molecule has 0 aliphatic heterocycles. The minimum atomic E-state index is -0.418. The van der Waals surface area contributed by atoms with Gasteiger partial charge in [-0.25, -0.2) is 4.39 Å². The number of nitrogens with one attached hydrogen (secondary N) is 1. The van der Waals surface area contributed by atoms with Gasteiger partial charge in [0.1, 0.15) is 5.82 Å². The Morgan fingerprint density at radius 1 is 1.25 bits per heavy atom. The molecule has 0 fully saturated rings. The summed E-state index contributed by atoms with van der Waals surface area (Å²) in [6, 6.07) is 11.1. The molecule has 4 nitrogen and oxygen atoms in total. The summed E-state index contributed by atoms with van der Waals surface area (Å²) in [5.74, 6) is -0.243. The number of hydrogen-bond acceptors (Lipinski definition) is 3. The van der Waals surface area contributed by atoms with Gasteiger partial charge >= 0.3 is 0 Å². The molecule has 2 aromatic rings. The summed E-state index contributed by atoms with van der Waals surface area (Å²) in [6.07, 6.45) is 0.685. The minimum Gasteiger partial charge on any atom is -0.384 e. The second kappa shape index (κ2) is 6.65. The fraction of sp³-hybridized carbons (Fsp3) is 0.143. The molecule has 6 heteroatoms. The van der Waals surface area contributed by atoms with Crippen molar-refractivity contribution in [1.29, 1.82) is 0 Å². The first kappa shape index (κ1) is 14.7. The Balaban J connectivity index is 1.96. The highest BCUT2D eigenvalue weighted by Gasteiger charge is 2.08. The largest absolute Gasteiger partial charge is 0.384 e. The van der Waals surface area contributed by atoms with Gasteiger partial charge in [0.15, 0.2) is 0 Å². The van der Waals surface area contributed by atoms with Crippen LogP contribution in [0, 0.1) is 19.5 Å². The Labute approximate surface area is 129 Å². The van der Waals surface area contributed by atoms with E-state index in [9.17, 15) is 14.5 Å². The van der Waals surface area contributed by atoms with Crippen molar-refractivity contribution < 1.29 is 9.31 Å². The van der Waals surface area contributed by atoms with E-state index < -0.39 is 4.92 Å². The number of nitro groups is 1. The molecule has 0 saturated heterocycles. The fourth-order valence-electron chi connectivity index (χ4n) is 1.79. The van der Waals surface area contributed by atoms with Crippen molar-refractivity contribution in [3.63, 3.8) is 0 Å². The summed E-state index contributed by atoms with van der Waals surface area (Å²) in [5, 5.41) is 13.8. The fourth-order valence-corrected chi connectivity index (χ4v) is 2.48. The second-order valence-corrected chi connectivity index (χ2v) is 5.39. The summed E-state index contributed by atoms with van der Waals surface area (Å²) >= 11 is 2.05. The van der Waals surface area contributed by atoms with Crippen molar-refractivity contribution in [3.05, 3.63) is 67.5 Å². The lowest BCUT2D eigenvalue weighted by Crippen LogP contribution is -2.06. The Morgan fingerprint density at radius 2 is 2.05 bits per heavy atom. The number of halogens is 2. The van der Waals surface area contributed by atoms with E-state index in [0.29, 0.717) is 13.0 Å². The van der Waals surface area contributed by atoms with Gasteiger partial charge in [0.2, 0.25) is 0 Å². The molecule has 104 valence electrons. The Hall–Kier alpha value is -1.70. The third kappa shape index (κ3) is 3.89. The number of hydrogen-bond donors (Lipinski definition) is 1. The first-order valence-electron chi connectivity index (χ1n) is 5.98. The lowest BCUT2D eigenvalue weighted by atomic mass is 10.1. The summed E-state index contributed by atoms with van der Waals surface area (Å²) < 4.78 is 13.8. The van der Waals surface area contributed by atoms with Crippen LogP contribution in [-0.4, -0.2) is 11.5 Å². The van der Waals surface area contributed by atoms with Crippen LogP contribution >= 0.6 is 22.6 Å². The number of rotatable bonds is 5. The topological polar surface area (TPSA) is 55.2 Å². The quantitative estimate of drug-likeness (QED) is 0.480. The Bertz CT molecular complexity index is 634. The van der Waals surface area contributed by atoms with Crippen molar-refractivity contribution in [3.8, 4) is 0 Å². The molecular formula is C14H12FIN2O2. The molecule has 0 atom stereocenters. The van der Waals surface area contributed by atoms with Crippen LogP contribution in [0.1, 0.15) is 5.56 Å². The van der Waals surface area contributed by atoms with Crippen LogP contribution in [0.2, 0.25) is 0 Å². The Morgan fingerprint density at radius 3 is 2.70 bits per heavy atom. The molecule has 20 heavy (non-hydrogen) atoms. The van der Waals surface area contributed by atoms with Gasteiger partial charge in [0.25, 0.3) is 5.69 Å². The average molecular weight is 386 g/mol. The first-order valence-corrected chi connectivity index (χ1v) is 7.06. The van der Waals surface area contributed by atoms with Crippen LogP contribution < -0.4 is 5.32 Å². The number of anilines is 1. The molecule has 0 aliphatic rings.